The Bertz CT molecular complexity index is 8.00. The first kappa shape index (κ1) is 31.0. The zero-order valence-electron chi connectivity index (χ0n) is 1.99. The van der Waals surface area contributed by atoms with E-state index in [0.29, 0.717) is 0 Å². The van der Waals surface area contributed by atoms with Gasteiger partial charge < -0.3 is 5.48 Å². The molecule has 0 saturated heterocycles. The van der Waals surface area contributed by atoms with Gasteiger partial charge in [-0.3, -0.25) is 0 Å². The van der Waals surface area contributed by atoms with E-state index in [1.165, 1.54) is 0 Å². The Morgan fingerprint density at radius 1 is 1.00 bits per heavy atom. The van der Waals surface area contributed by atoms with Crippen molar-refractivity contribution in [3.05, 3.63) is 0 Å². The molecule has 10 valence electrons. The Labute approximate surface area is 81.1 Å². The summed E-state index contributed by atoms with van der Waals surface area (Å²) in [6.07, 6.45) is 0. The molecule has 0 aromatic rings. The molecule has 0 spiro atoms. The molecule has 1 nitrogen and oxygen atoms in total. The second-order valence-corrected chi connectivity index (χ2v) is 0. The molecule has 0 aromatic carbocycles. The molecule has 0 amide bonds. The Kier molecular flexibility index (Phi) is 137. The summed E-state index contributed by atoms with van der Waals surface area (Å²) in [7, 11) is 0. The van der Waals surface area contributed by atoms with E-state index < -0.39 is 0 Å². The summed E-state index contributed by atoms with van der Waals surface area (Å²) in [6.45, 7) is 0. The summed E-state index contributed by atoms with van der Waals surface area (Å²) in [5, 5.41) is 0. The predicted octanol–water partition coefficient (Wildman–Crippen LogP) is -1.26. The minimum Gasteiger partial charge on any atom is -2.00 e. The van der Waals surface area contributed by atoms with Crippen LogP contribution in [0.4, 0.5) is 0 Å². The molecule has 0 aliphatic heterocycles. The average Bonchev–Trinajstić information content (AvgIpc) is 0. The first-order valence-electron chi connectivity index (χ1n) is 0. The third-order valence-electron chi connectivity index (χ3n) is 0. The molecular formula is InOPbSn+7. The fourth-order valence-corrected chi connectivity index (χ4v) is 0. The van der Waals surface area contributed by atoms with Gasteiger partial charge in [-0.05, 0) is 0 Å². The van der Waals surface area contributed by atoms with E-state index in [9.17, 15) is 0 Å². The van der Waals surface area contributed by atoms with Gasteiger partial charge in [0.2, 0.25) is 0 Å². The molecule has 0 aromatic heterocycles. The van der Waals surface area contributed by atoms with Crippen molar-refractivity contribution in [2.45, 2.75) is 0 Å². The third-order valence-corrected chi connectivity index (χ3v) is 0. The summed E-state index contributed by atoms with van der Waals surface area (Å²) in [4.78, 5) is 0. The SMILES string of the molecule is [In+3].[O-2].[Pb+2].[Sn+4]. The minimum atomic E-state index is 0. The molecule has 0 saturated carbocycles. The maximum Gasteiger partial charge on any atom is 4.00 e. The Hall–Kier alpha value is 2.55. The summed E-state index contributed by atoms with van der Waals surface area (Å²) in [5.74, 6) is 0. The Morgan fingerprint density at radius 2 is 1.00 bits per heavy atom. The van der Waals surface area contributed by atoms with Crippen molar-refractivity contribution in [1.82, 2.24) is 0 Å². The van der Waals surface area contributed by atoms with Crippen LogP contribution in [-0.4, -0.2) is 77.0 Å². The van der Waals surface area contributed by atoms with Crippen LogP contribution in [0.5, 0.6) is 0 Å². The van der Waals surface area contributed by atoms with Crippen LogP contribution in [0.3, 0.4) is 0 Å². The van der Waals surface area contributed by atoms with Crippen molar-refractivity contribution in [3.8, 4) is 0 Å². The fraction of sp³-hybridized carbons (Fsp3) is 0. The van der Waals surface area contributed by atoms with Crippen molar-refractivity contribution < 1.29 is 5.48 Å². The monoisotopic (exact) mass is 459 g/mol. The molecule has 0 fully saturated rings. The molecule has 0 heterocycles. The third kappa shape index (κ3) is 8.82. The van der Waals surface area contributed by atoms with Crippen molar-refractivity contribution in [1.29, 1.82) is 0 Å². The van der Waals surface area contributed by atoms with Crippen LogP contribution in [-0.2, 0) is 5.48 Å². The van der Waals surface area contributed by atoms with Gasteiger partial charge in [0.25, 0.3) is 0 Å². The van der Waals surface area contributed by atoms with Crippen molar-refractivity contribution in [2.75, 3.05) is 0 Å². The smallest absolute Gasteiger partial charge is 2.00 e. The maximum atomic E-state index is 0. The zero-order chi connectivity index (χ0) is 0. The van der Waals surface area contributed by atoms with Crippen molar-refractivity contribution in [3.63, 3.8) is 0 Å². The second-order valence-electron chi connectivity index (χ2n) is 0. The van der Waals surface area contributed by atoms with Gasteiger partial charge in [-0.15, -0.1) is 0 Å². The maximum absolute atomic E-state index is 0. The van der Waals surface area contributed by atoms with Crippen molar-refractivity contribution >= 4 is 77.0 Å². The van der Waals surface area contributed by atoms with Gasteiger partial charge in [-0.1, -0.05) is 0 Å². The first-order chi connectivity index (χ1) is 0. The van der Waals surface area contributed by atoms with Crippen LogP contribution in [0, 0.1) is 0 Å². The molecule has 0 unspecified atom stereocenters. The van der Waals surface area contributed by atoms with E-state index in [2.05, 4.69) is 0 Å². The fourth-order valence-electron chi connectivity index (χ4n) is 0. The van der Waals surface area contributed by atoms with Crippen LogP contribution < -0.4 is 0 Å². The van der Waals surface area contributed by atoms with Gasteiger partial charge in [0.05, 0.1) is 0 Å². The quantitative estimate of drug-likeness (QED) is 0.407. The van der Waals surface area contributed by atoms with E-state index >= 15 is 0 Å². The molecule has 0 N–H and O–H groups in total. The van der Waals surface area contributed by atoms with Gasteiger partial charge in [-0.2, -0.15) is 0 Å². The Morgan fingerprint density at radius 3 is 1.00 bits per heavy atom. The first-order valence-corrected chi connectivity index (χ1v) is 0. The van der Waals surface area contributed by atoms with Gasteiger partial charge in [0.15, 0.2) is 0 Å². The van der Waals surface area contributed by atoms with E-state index in [1.807, 2.05) is 0 Å². The normalized spacial score (nSPS) is 0. The van der Waals surface area contributed by atoms with Crippen LogP contribution in [0.25, 0.3) is 0 Å². The average molecular weight is 457 g/mol. The molecule has 0 rings (SSSR count). The number of hydrogen-bond acceptors (Lipinski definition) is 0. The number of rotatable bonds is 0. The van der Waals surface area contributed by atoms with E-state index in [4.69, 9.17) is 0 Å². The van der Waals surface area contributed by atoms with Crippen LogP contribution >= 0.6 is 0 Å². The largest absolute Gasteiger partial charge is 4.00 e. The van der Waals surface area contributed by atoms with Crippen LogP contribution in [0.2, 0.25) is 0 Å². The van der Waals surface area contributed by atoms with E-state index in [-0.39, 0.29) is 82.5 Å². The molecule has 0 bridgehead atoms. The minimum absolute atomic E-state index is 0. The van der Waals surface area contributed by atoms with Gasteiger partial charge in [0, 0.05) is 0 Å². The van der Waals surface area contributed by atoms with Gasteiger partial charge >= 0.3 is 77.0 Å². The van der Waals surface area contributed by atoms with Gasteiger partial charge in [-0.25, -0.2) is 0 Å². The Balaban J connectivity index is 0. The molecule has 0 aliphatic carbocycles. The number of hydrogen-bond donors (Lipinski definition) is 0. The molecule has 4 heavy (non-hydrogen) atoms. The standard InChI is InChI=1S/In.O.Pb.Sn/q+3;-2;+2;+4. The van der Waals surface area contributed by atoms with E-state index in [0.717, 1.165) is 0 Å². The summed E-state index contributed by atoms with van der Waals surface area (Å²) in [6, 6.07) is 0. The second kappa shape index (κ2) is 17.7. The topological polar surface area (TPSA) is 28.5 Å². The molecule has 0 aliphatic rings. The molecule has 2 radical (unpaired) electrons. The van der Waals surface area contributed by atoms with Crippen LogP contribution in [0.15, 0.2) is 0 Å². The zero-order valence-corrected chi connectivity index (χ0v) is 12.0. The van der Waals surface area contributed by atoms with E-state index in [1.54, 1.807) is 0 Å². The molecule has 0 atom stereocenters. The summed E-state index contributed by atoms with van der Waals surface area (Å²) in [5.41, 5.74) is 0. The summed E-state index contributed by atoms with van der Waals surface area (Å²) < 4.78 is 0. The molecular weight excluding hydrogens is 457 g/mol. The predicted molar refractivity (Wildman–Crippen MR) is 17.9 cm³/mol. The molecule has 4 heteroatoms. The van der Waals surface area contributed by atoms with Crippen LogP contribution in [0.1, 0.15) is 0 Å². The summed E-state index contributed by atoms with van der Waals surface area (Å²) >= 11 is 0. The van der Waals surface area contributed by atoms with Crippen molar-refractivity contribution in [2.24, 2.45) is 0 Å². The van der Waals surface area contributed by atoms with Gasteiger partial charge in [0.1, 0.15) is 0 Å².